The highest BCUT2D eigenvalue weighted by Gasteiger charge is 2.37. The third-order valence-electron chi connectivity index (χ3n) is 4.10. The second kappa shape index (κ2) is 3.56. The fourth-order valence-corrected chi connectivity index (χ4v) is 2.25. The quantitative estimate of drug-likeness (QED) is 0.681. The van der Waals surface area contributed by atoms with E-state index in [0.717, 1.165) is 23.3 Å². The number of phenolic OH excluding ortho intramolecular Hbond substituents is 2. The predicted molar refractivity (Wildman–Crippen MR) is 66.8 cm³/mol. The number of hydrogen-bond acceptors (Lipinski definition) is 3. The van der Waals surface area contributed by atoms with Crippen molar-refractivity contribution in [1.29, 1.82) is 0 Å². The van der Waals surface area contributed by atoms with Gasteiger partial charge in [-0.2, -0.15) is 0 Å². The summed E-state index contributed by atoms with van der Waals surface area (Å²) in [6, 6.07) is 0. The Morgan fingerprint density at radius 1 is 1.12 bits per heavy atom. The first-order valence-corrected chi connectivity index (χ1v) is 5.98. The van der Waals surface area contributed by atoms with Crippen LogP contribution in [0.4, 0.5) is 0 Å². The second-order valence-electron chi connectivity index (χ2n) is 5.57. The summed E-state index contributed by atoms with van der Waals surface area (Å²) in [5.41, 5.74) is 2.09. The molecule has 0 aliphatic carbocycles. The van der Waals surface area contributed by atoms with Gasteiger partial charge in [-0.25, -0.2) is 0 Å². The first kappa shape index (κ1) is 12.1. The van der Waals surface area contributed by atoms with Crippen molar-refractivity contribution in [2.45, 2.75) is 46.6 Å². The Bertz CT molecular complexity index is 475. The van der Waals surface area contributed by atoms with E-state index in [2.05, 4.69) is 20.8 Å². The zero-order chi connectivity index (χ0) is 13.0. The molecule has 1 aromatic rings. The molecule has 1 aromatic carbocycles. The van der Waals surface area contributed by atoms with Gasteiger partial charge in [-0.3, -0.25) is 0 Å². The van der Waals surface area contributed by atoms with Gasteiger partial charge in [-0.05, 0) is 45.6 Å². The fourth-order valence-electron chi connectivity index (χ4n) is 2.25. The minimum Gasteiger partial charge on any atom is -0.504 e. The third-order valence-corrected chi connectivity index (χ3v) is 4.10. The zero-order valence-corrected chi connectivity index (χ0v) is 11.1. The van der Waals surface area contributed by atoms with Crippen LogP contribution < -0.4 is 4.74 Å². The van der Waals surface area contributed by atoms with E-state index in [0.29, 0.717) is 11.5 Å². The van der Waals surface area contributed by atoms with Crippen LogP contribution in [0, 0.1) is 19.8 Å². The van der Waals surface area contributed by atoms with Gasteiger partial charge in [0.1, 0.15) is 11.4 Å². The average molecular weight is 236 g/mol. The normalized spacial score (nSPS) is 21.8. The van der Waals surface area contributed by atoms with E-state index in [9.17, 15) is 10.2 Å². The number of ether oxygens (including phenoxy) is 1. The summed E-state index contributed by atoms with van der Waals surface area (Å²) < 4.78 is 6.01. The van der Waals surface area contributed by atoms with E-state index in [-0.39, 0.29) is 17.1 Å². The van der Waals surface area contributed by atoms with Gasteiger partial charge in [-0.15, -0.1) is 0 Å². The highest BCUT2D eigenvalue weighted by molar-refractivity contribution is 5.62. The molecule has 3 heteroatoms. The van der Waals surface area contributed by atoms with Gasteiger partial charge in [0.15, 0.2) is 11.5 Å². The number of fused-ring (bicyclic) bond motifs is 1. The van der Waals surface area contributed by atoms with Crippen molar-refractivity contribution in [3.8, 4) is 17.2 Å². The number of phenols is 2. The average Bonchev–Trinajstić information content (AvgIpc) is 2.26. The van der Waals surface area contributed by atoms with Crippen LogP contribution >= 0.6 is 0 Å². The van der Waals surface area contributed by atoms with Gasteiger partial charge < -0.3 is 14.9 Å². The topological polar surface area (TPSA) is 49.7 Å². The molecule has 1 unspecified atom stereocenters. The second-order valence-corrected chi connectivity index (χ2v) is 5.57. The van der Waals surface area contributed by atoms with Crippen LogP contribution in [0.3, 0.4) is 0 Å². The van der Waals surface area contributed by atoms with Crippen molar-refractivity contribution in [3.63, 3.8) is 0 Å². The minimum absolute atomic E-state index is 0.0169. The predicted octanol–water partition coefficient (Wildman–Crippen LogP) is 3.06. The fraction of sp³-hybridized carbons (Fsp3) is 0.571. The molecule has 0 saturated carbocycles. The van der Waals surface area contributed by atoms with Crippen LogP contribution in [0.2, 0.25) is 0 Å². The molecule has 0 radical (unpaired) electrons. The van der Waals surface area contributed by atoms with Crippen molar-refractivity contribution in [2.24, 2.45) is 5.92 Å². The lowest BCUT2D eigenvalue weighted by Crippen LogP contribution is -2.41. The number of aromatic hydroxyl groups is 2. The van der Waals surface area contributed by atoms with Crippen molar-refractivity contribution in [2.75, 3.05) is 0 Å². The molecule has 0 amide bonds. The van der Waals surface area contributed by atoms with Crippen molar-refractivity contribution >= 4 is 0 Å². The van der Waals surface area contributed by atoms with E-state index >= 15 is 0 Å². The molecule has 94 valence electrons. The summed E-state index contributed by atoms with van der Waals surface area (Å²) in [6.45, 7) is 9.91. The lowest BCUT2D eigenvalue weighted by Gasteiger charge is -2.39. The molecule has 1 atom stereocenters. The maximum atomic E-state index is 10.0. The molecular weight excluding hydrogens is 216 g/mol. The van der Waals surface area contributed by atoms with Gasteiger partial charge in [0.05, 0.1) is 0 Å². The van der Waals surface area contributed by atoms with Gasteiger partial charge in [0.25, 0.3) is 0 Å². The molecule has 1 heterocycles. The van der Waals surface area contributed by atoms with E-state index < -0.39 is 0 Å². The molecule has 0 aromatic heterocycles. The van der Waals surface area contributed by atoms with Crippen molar-refractivity contribution < 1.29 is 14.9 Å². The number of benzene rings is 1. The lowest BCUT2D eigenvalue weighted by molar-refractivity contribution is 0.0335. The summed E-state index contributed by atoms with van der Waals surface area (Å²) >= 11 is 0. The van der Waals surface area contributed by atoms with Gasteiger partial charge in [0.2, 0.25) is 0 Å². The maximum absolute atomic E-state index is 10.0. The van der Waals surface area contributed by atoms with Crippen LogP contribution in [0.5, 0.6) is 17.2 Å². The SMILES string of the molecule is Cc1c(C)c2c(c(O)c1O)CC(C)C(C)(C)O2. The molecule has 0 fully saturated rings. The summed E-state index contributed by atoms with van der Waals surface area (Å²) in [5.74, 6) is 0.991. The van der Waals surface area contributed by atoms with Crippen molar-refractivity contribution in [1.82, 2.24) is 0 Å². The van der Waals surface area contributed by atoms with Gasteiger partial charge >= 0.3 is 0 Å². The van der Waals surface area contributed by atoms with Crippen molar-refractivity contribution in [3.05, 3.63) is 16.7 Å². The highest BCUT2D eigenvalue weighted by atomic mass is 16.5. The Kier molecular flexibility index (Phi) is 2.53. The Morgan fingerprint density at radius 3 is 2.29 bits per heavy atom. The van der Waals surface area contributed by atoms with Crippen LogP contribution in [-0.4, -0.2) is 15.8 Å². The Morgan fingerprint density at radius 2 is 1.71 bits per heavy atom. The smallest absolute Gasteiger partial charge is 0.164 e. The number of rotatable bonds is 0. The molecule has 0 spiro atoms. The van der Waals surface area contributed by atoms with Gasteiger partial charge in [-0.1, -0.05) is 6.92 Å². The zero-order valence-electron chi connectivity index (χ0n) is 11.1. The maximum Gasteiger partial charge on any atom is 0.164 e. The molecule has 0 saturated heterocycles. The molecule has 3 nitrogen and oxygen atoms in total. The van der Waals surface area contributed by atoms with E-state index in [1.807, 2.05) is 6.92 Å². The highest BCUT2D eigenvalue weighted by Crippen LogP contribution is 2.48. The molecule has 2 rings (SSSR count). The summed E-state index contributed by atoms with van der Waals surface area (Å²) in [6.07, 6.45) is 0.725. The van der Waals surface area contributed by atoms with Crippen LogP contribution in [0.1, 0.15) is 37.5 Å². The Labute approximate surface area is 102 Å². The molecule has 0 bridgehead atoms. The number of hydrogen-bond donors (Lipinski definition) is 2. The first-order valence-electron chi connectivity index (χ1n) is 5.98. The van der Waals surface area contributed by atoms with Crippen LogP contribution in [0.15, 0.2) is 0 Å². The molecular formula is C14H20O3. The largest absolute Gasteiger partial charge is 0.504 e. The molecule has 1 aliphatic heterocycles. The molecule has 1 aliphatic rings. The Hall–Kier alpha value is -1.38. The van der Waals surface area contributed by atoms with E-state index in [1.165, 1.54) is 0 Å². The van der Waals surface area contributed by atoms with Gasteiger partial charge in [0, 0.05) is 11.1 Å². The van der Waals surface area contributed by atoms with E-state index in [4.69, 9.17) is 4.74 Å². The Balaban J connectivity index is 2.67. The third kappa shape index (κ3) is 1.65. The summed E-state index contributed by atoms with van der Waals surface area (Å²) in [5, 5.41) is 19.9. The molecule has 2 N–H and O–H groups in total. The van der Waals surface area contributed by atoms with Crippen LogP contribution in [-0.2, 0) is 6.42 Å². The minimum atomic E-state index is -0.242. The van der Waals surface area contributed by atoms with Crippen LogP contribution in [0.25, 0.3) is 0 Å². The van der Waals surface area contributed by atoms with E-state index in [1.54, 1.807) is 6.92 Å². The standard InChI is InChI=1S/C14H20O3/c1-7-6-10-12(16)11(15)8(2)9(3)13(10)17-14(7,4)5/h7,15-16H,6H2,1-5H3. The summed E-state index contributed by atoms with van der Waals surface area (Å²) in [7, 11) is 0. The first-order chi connectivity index (χ1) is 7.75. The lowest BCUT2D eigenvalue weighted by atomic mass is 9.82. The monoisotopic (exact) mass is 236 g/mol. The molecule has 17 heavy (non-hydrogen) atoms. The summed E-state index contributed by atoms with van der Waals surface area (Å²) in [4.78, 5) is 0.